The molecule has 0 radical (unpaired) electrons. The summed E-state index contributed by atoms with van der Waals surface area (Å²) in [6.45, 7) is 0.842. The number of rotatable bonds is 4. The van der Waals surface area contributed by atoms with E-state index in [9.17, 15) is 4.79 Å². The zero-order valence-corrected chi connectivity index (χ0v) is 12.9. The summed E-state index contributed by atoms with van der Waals surface area (Å²) < 4.78 is 0.805. The Morgan fingerprint density at radius 1 is 0.900 bits per heavy atom. The first-order valence-electron chi connectivity index (χ1n) is 6.45. The fourth-order valence-corrected chi connectivity index (χ4v) is 2.14. The predicted molar refractivity (Wildman–Crippen MR) is 78.1 cm³/mol. The van der Waals surface area contributed by atoms with Crippen LogP contribution in [0.25, 0.3) is 0 Å². The molecule has 0 aliphatic rings. The van der Waals surface area contributed by atoms with Gasteiger partial charge in [0, 0.05) is 16.7 Å². The minimum absolute atomic E-state index is 0. The molecule has 2 rings (SSSR count). The molecule has 0 unspecified atom stereocenters. The van der Waals surface area contributed by atoms with E-state index >= 15 is 0 Å². The maximum Gasteiger partial charge on any atom is 0.193 e. The van der Waals surface area contributed by atoms with Gasteiger partial charge < -0.3 is 16.9 Å². The van der Waals surface area contributed by atoms with Crippen molar-refractivity contribution in [1.82, 2.24) is 0 Å². The lowest BCUT2D eigenvalue weighted by molar-refractivity contribution is -0.884. The van der Waals surface area contributed by atoms with Gasteiger partial charge in [0.15, 0.2) is 5.78 Å². The molecule has 2 aromatic rings. The van der Waals surface area contributed by atoms with Crippen LogP contribution in [-0.4, -0.2) is 31.4 Å². The lowest BCUT2D eigenvalue weighted by Crippen LogP contribution is -3.00. The highest BCUT2D eigenvalue weighted by molar-refractivity contribution is 6.09. The Kier molecular flexibility index (Phi) is 5.49. The second-order valence-electron chi connectivity index (χ2n) is 5.80. The van der Waals surface area contributed by atoms with Crippen molar-refractivity contribution in [3.05, 3.63) is 71.3 Å². The van der Waals surface area contributed by atoms with E-state index in [1.165, 1.54) is 0 Å². The van der Waals surface area contributed by atoms with Gasteiger partial charge >= 0.3 is 0 Å². The van der Waals surface area contributed by atoms with Crippen molar-refractivity contribution < 1.29 is 21.7 Å². The Balaban J connectivity index is 0.00000200. The van der Waals surface area contributed by atoms with Crippen molar-refractivity contribution in [2.45, 2.75) is 6.54 Å². The Labute approximate surface area is 127 Å². The van der Waals surface area contributed by atoms with Crippen molar-refractivity contribution >= 4 is 5.78 Å². The van der Waals surface area contributed by atoms with Crippen LogP contribution in [0.5, 0.6) is 0 Å². The van der Waals surface area contributed by atoms with Crippen molar-refractivity contribution in [2.24, 2.45) is 0 Å². The van der Waals surface area contributed by atoms with E-state index in [1.807, 2.05) is 54.6 Å². The quantitative estimate of drug-likeness (QED) is 0.578. The molecule has 0 aliphatic heterocycles. The van der Waals surface area contributed by atoms with Gasteiger partial charge in [-0.1, -0.05) is 54.6 Å². The monoisotopic (exact) mass is 289 g/mol. The summed E-state index contributed by atoms with van der Waals surface area (Å²) in [4.78, 5) is 12.5. The fourth-order valence-electron chi connectivity index (χ4n) is 2.14. The second-order valence-corrected chi connectivity index (χ2v) is 5.80. The van der Waals surface area contributed by atoms with Crippen LogP contribution in [0.1, 0.15) is 21.5 Å². The number of carbonyl (C=O) groups is 1. The molecule has 0 saturated heterocycles. The third-order valence-electron chi connectivity index (χ3n) is 2.94. The Hall–Kier alpha value is -1.64. The molecular weight excluding hydrogens is 270 g/mol. The Morgan fingerprint density at radius 3 is 2.05 bits per heavy atom. The molecule has 20 heavy (non-hydrogen) atoms. The molecule has 0 atom stereocenters. The zero-order valence-electron chi connectivity index (χ0n) is 12.1. The second kappa shape index (κ2) is 6.69. The fraction of sp³-hybridized carbons (Fsp3) is 0.235. The highest BCUT2D eigenvalue weighted by atomic mass is 35.5. The lowest BCUT2D eigenvalue weighted by Gasteiger charge is -2.25. The van der Waals surface area contributed by atoms with Gasteiger partial charge in [0.2, 0.25) is 0 Å². The lowest BCUT2D eigenvalue weighted by atomic mass is 9.98. The first-order valence-corrected chi connectivity index (χ1v) is 6.45. The third-order valence-corrected chi connectivity index (χ3v) is 2.94. The van der Waals surface area contributed by atoms with E-state index in [0.717, 1.165) is 27.7 Å². The Morgan fingerprint density at radius 2 is 1.45 bits per heavy atom. The van der Waals surface area contributed by atoms with Crippen molar-refractivity contribution in [1.29, 1.82) is 0 Å². The highest BCUT2D eigenvalue weighted by Crippen LogP contribution is 2.17. The summed E-state index contributed by atoms with van der Waals surface area (Å²) in [5.74, 6) is 0.102. The summed E-state index contributed by atoms with van der Waals surface area (Å²) in [5.41, 5.74) is 2.65. The summed E-state index contributed by atoms with van der Waals surface area (Å²) in [5, 5.41) is 0. The van der Waals surface area contributed by atoms with Crippen LogP contribution in [0.2, 0.25) is 0 Å². The number of carbonyl (C=O) groups excluding carboxylic acids is 1. The van der Waals surface area contributed by atoms with Crippen molar-refractivity contribution in [3.63, 3.8) is 0 Å². The summed E-state index contributed by atoms with van der Waals surface area (Å²) >= 11 is 0. The molecule has 0 heterocycles. The average molecular weight is 290 g/mol. The first-order chi connectivity index (χ1) is 8.97. The zero-order chi connectivity index (χ0) is 13.9. The van der Waals surface area contributed by atoms with Crippen molar-refractivity contribution in [2.75, 3.05) is 21.1 Å². The summed E-state index contributed by atoms with van der Waals surface area (Å²) in [6.07, 6.45) is 0. The predicted octanol–water partition coefficient (Wildman–Crippen LogP) is 0.128. The molecule has 2 aromatic carbocycles. The van der Waals surface area contributed by atoms with Gasteiger partial charge in [0.25, 0.3) is 0 Å². The molecule has 0 aliphatic carbocycles. The van der Waals surface area contributed by atoms with Gasteiger partial charge in [0.1, 0.15) is 6.54 Å². The van der Waals surface area contributed by atoms with Crippen LogP contribution in [0.3, 0.4) is 0 Å². The molecule has 3 heteroatoms. The average Bonchev–Trinajstić information content (AvgIpc) is 2.38. The van der Waals surface area contributed by atoms with Crippen LogP contribution in [-0.2, 0) is 6.54 Å². The number of hydrogen-bond acceptors (Lipinski definition) is 1. The standard InChI is InChI=1S/C17H20NO.ClH/c1-18(2,3)13-15-11-7-8-12-16(15)17(19)14-9-5-4-6-10-14;/h4-12H,13H2,1-3H3;1H/q+1;/p-1. The van der Waals surface area contributed by atoms with Gasteiger partial charge in [-0.05, 0) is 0 Å². The van der Waals surface area contributed by atoms with E-state index in [0.29, 0.717) is 0 Å². The van der Waals surface area contributed by atoms with Crippen molar-refractivity contribution in [3.8, 4) is 0 Å². The van der Waals surface area contributed by atoms with E-state index in [-0.39, 0.29) is 18.2 Å². The normalized spacial score (nSPS) is 10.8. The molecule has 0 amide bonds. The third kappa shape index (κ3) is 4.19. The van der Waals surface area contributed by atoms with E-state index < -0.39 is 0 Å². The summed E-state index contributed by atoms with van der Waals surface area (Å²) in [6, 6.07) is 17.3. The number of quaternary nitrogens is 1. The Bertz CT molecular complexity index is 573. The highest BCUT2D eigenvalue weighted by Gasteiger charge is 2.17. The molecule has 106 valence electrons. The molecule has 2 nitrogen and oxygen atoms in total. The van der Waals surface area contributed by atoms with Gasteiger partial charge in [0.05, 0.1) is 21.1 Å². The van der Waals surface area contributed by atoms with E-state index in [4.69, 9.17) is 0 Å². The number of ketones is 1. The smallest absolute Gasteiger partial charge is 0.193 e. The largest absolute Gasteiger partial charge is 1.00 e. The van der Waals surface area contributed by atoms with Crippen LogP contribution < -0.4 is 12.4 Å². The van der Waals surface area contributed by atoms with Crippen LogP contribution in [0.4, 0.5) is 0 Å². The number of hydrogen-bond donors (Lipinski definition) is 0. The van der Waals surface area contributed by atoms with Crippen LogP contribution in [0.15, 0.2) is 54.6 Å². The minimum atomic E-state index is 0. The maximum atomic E-state index is 12.5. The van der Waals surface area contributed by atoms with Crippen LogP contribution >= 0.6 is 0 Å². The van der Waals surface area contributed by atoms with Gasteiger partial charge in [-0.3, -0.25) is 4.79 Å². The SMILES string of the molecule is C[N+](C)(C)Cc1ccccc1C(=O)c1ccccc1.[Cl-]. The maximum absolute atomic E-state index is 12.5. The molecule has 0 bridgehead atoms. The molecule has 0 aromatic heterocycles. The minimum Gasteiger partial charge on any atom is -1.00 e. The number of nitrogens with zero attached hydrogens (tertiary/aromatic N) is 1. The van der Waals surface area contributed by atoms with Gasteiger partial charge in [-0.2, -0.15) is 0 Å². The van der Waals surface area contributed by atoms with E-state index in [2.05, 4.69) is 21.1 Å². The first kappa shape index (κ1) is 16.4. The van der Waals surface area contributed by atoms with Gasteiger partial charge in [-0.15, -0.1) is 0 Å². The number of halogens is 1. The molecular formula is C17H20ClNO. The molecule has 0 N–H and O–H groups in total. The van der Waals surface area contributed by atoms with Gasteiger partial charge in [-0.25, -0.2) is 0 Å². The van der Waals surface area contributed by atoms with Crippen LogP contribution in [0, 0.1) is 0 Å². The molecule has 0 spiro atoms. The van der Waals surface area contributed by atoms with E-state index in [1.54, 1.807) is 0 Å². The number of benzene rings is 2. The summed E-state index contributed by atoms with van der Waals surface area (Å²) in [7, 11) is 6.39. The topological polar surface area (TPSA) is 17.1 Å². The molecule has 0 fully saturated rings. The molecule has 0 saturated carbocycles.